The first-order chi connectivity index (χ1) is 25.2. The van der Waals surface area contributed by atoms with Crippen LogP contribution in [0.4, 0.5) is 4.79 Å². The molecule has 7 rings (SSSR count). The molecule has 1 aromatic carbocycles. The average Bonchev–Trinajstić information content (AvgIpc) is 4.03. The first-order valence-electron chi connectivity index (χ1n) is 18.2. The number of benzene rings is 1. The molecule has 5 atom stereocenters. The van der Waals surface area contributed by atoms with Crippen molar-refractivity contribution in [2.24, 2.45) is 5.92 Å². The van der Waals surface area contributed by atoms with Gasteiger partial charge < -0.3 is 25.0 Å². The lowest BCUT2D eigenvalue weighted by molar-refractivity contribution is -0.141. The monoisotopic (exact) mass is 747 g/mol. The summed E-state index contributed by atoms with van der Waals surface area (Å²) in [6, 6.07) is 5.37. The second-order valence-electron chi connectivity index (χ2n) is 15.4. The van der Waals surface area contributed by atoms with Crippen molar-refractivity contribution in [3.63, 3.8) is 0 Å². The Morgan fingerprint density at radius 3 is 2.57 bits per heavy atom. The number of hydrogen-bond acceptors (Lipinski definition) is 11. The highest BCUT2D eigenvalue weighted by Crippen LogP contribution is 2.46. The highest BCUT2D eigenvalue weighted by Gasteiger charge is 2.62. The van der Waals surface area contributed by atoms with Gasteiger partial charge in [0, 0.05) is 29.3 Å². The maximum Gasteiger partial charge on any atom is 0.408 e. The van der Waals surface area contributed by atoms with Gasteiger partial charge in [-0.25, -0.2) is 23.2 Å². The summed E-state index contributed by atoms with van der Waals surface area (Å²) in [6.45, 7) is 5.15. The van der Waals surface area contributed by atoms with Crippen LogP contribution in [0.1, 0.15) is 78.6 Å². The van der Waals surface area contributed by atoms with Gasteiger partial charge in [-0.2, -0.15) is 4.98 Å². The van der Waals surface area contributed by atoms with Gasteiger partial charge in [-0.1, -0.05) is 43.2 Å². The van der Waals surface area contributed by atoms with Gasteiger partial charge in [-0.05, 0) is 70.7 Å². The van der Waals surface area contributed by atoms with Gasteiger partial charge in [0.15, 0.2) is 5.65 Å². The Kier molecular flexibility index (Phi) is 9.76. The van der Waals surface area contributed by atoms with Crippen LogP contribution in [-0.2, 0) is 29.1 Å². The largest absolute Gasteiger partial charge is 0.472 e. The molecule has 2 aliphatic carbocycles. The smallest absolute Gasteiger partial charge is 0.408 e. The van der Waals surface area contributed by atoms with Crippen molar-refractivity contribution in [1.82, 2.24) is 35.2 Å². The molecule has 4 amide bonds. The summed E-state index contributed by atoms with van der Waals surface area (Å²) >= 11 is 0. The van der Waals surface area contributed by atoms with Crippen LogP contribution in [0.3, 0.4) is 0 Å². The molecule has 3 N–H and O–H groups in total. The lowest BCUT2D eigenvalue weighted by atomic mass is 10.0. The van der Waals surface area contributed by atoms with Crippen molar-refractivity contribution in [3.8, 4) is 5.88 Å². The van der Waals surface area contributed by atoms with Crippen molar-refractivity contribution in [1.29, 1.82) is 0 Å². The van der Waals surface area contributed by atoms with Crippen molar-refractivity contribution >= 4 is 55.6 Å². The minimum atomic E-state index is -3.89. The molecule has 282 valence electrons. The van der Waals surface area contributed by atoms with E-state index in [4.69, 9.17) is 9.47 Å². The van der Waals surface area contributed by atoms with Gasteiger partial charge in [0.2, 0.25) is 27.7 Å². The number of amides is 4. The molecule has 4 heterocycles. The number of sulfonamides is 1. The molecule has 3 aromatic rings. The number of nitrogens with zero attached hydrogens (tertiary/aromatic N) is 4. The quantitative estimate of drug-likeness (QED) is 0.247. The maximum atomic E-state index is 14.5. The third kappa shape index (κ3) is 7.92. The molecule has 3 fully saturated rings. The van der Waals surface area contributed by atoms with E-state index in [-0.39, 0.29) is 25.3 Å². The summed E-state index contributed by atoms with van der Waals surface area (Å²) in [7, 11) is -3.89. The highest BCUT2D eigenvalue weighted by molar-refractivity contribution is 7.91. The van der Waals surface area contributed by atoms with Gasteiger partial charge in [-0.3, -0.25) is 19.1 Å². The molecular formula is C37H45N7O8S. The number of aromatic nitrogens is 3. The molecule has 1 saturated heterocycles. The minimum Gasteiger partial charge on any atom is -0.472 e. The van der Waals surface area contributed by atoms with E-state index in [1.807, 2.05) is 36.4 Å². The Morgan fingerprint density at radius 2 is 1.81 bits per heavy atom. The molecule has 0 bridgehead atoms. The molecule has 2 saturated carbocycles. The number of alkyl carbamates (subject to hydrolysis) is 1. The van der Waals surface area contributed by atoms with E-state index in [1.54, 1.807) is 27.0 Å². The first-order valence-corrected chi connectivity index (χ1v) is 19.8. The molecule has 0 radical (unpaired) electrons. The van der Waals surface area contributed by atoms with Gasteiger partial charge in [0.25, 0.3) is 5.91 Å². The summed E-state index contributed by atoms with van der Waals surface area (Å²) in [5.41, 5.74) is -1.90. The van der Waals surface area contributed by atoms with Crippen molar-refractivity contribution < 1.29 is 37.1 Å². The molecule has 2 aliphatic heterocycles. The second-order valence-corrected chi connectivity index (χ2v) is 17.4. The molecule has 4 aliphatic rings. The zero-order valence-electron chi connectivity index (χ0n) is 30.0. The molecule has 1 unspecified atom stereocenters. The Morgan fingerprint density at radius 1 is 1.04 bits per heavy atom. The number of hydrogen-bond donors (Lipinski definition) is 3. The number of fused-ring (bicyclic) bond motifs is 5. The summed E-state index contributed by atoms with van der Waals surface area (Å²) in [4.78, 5) is 70.1. The second kappa shape index (κ2) is 14.2. The fourth-order valence-electron chi connectivity index (χ4n) is 7.21. The SMILES string of the molecule is CC(C)(C)OC(=O)N[C@H]1CCCCC/C=C\C2C[C@@]2(C(=O)NS(=O)(=O)C2CC2)NC(=O)[C@@H]2C[C@@H](Oc3nc4ncncc4c4ccccc34)CN2C1=O. The number of allylic oxidation sites excluding steroid dienone is 1. The maximum absolute atomic E-state index is 14.5. The van der Waals surface area contributed by atoms with Gasteiger partial charge in [0.05, 0.1) is 11.8 Å². The van der Waals surface area contributed by atoms with E-state index in [0.29, 0.717) is 43.1 Å². The van der Waals surface area contributed by atoms with Crippen LogP contribution in [0.2, 0.25) is 0 Å². The van der Waals surface area contributed by atoms with Crippen LogP contribution < -0.4 is 20.1 Å². The normalized spacial score (nSPS) is 27.4. The standard InChI is InChI=1S/C37H45N7O8S/c1-36(2,3)52-35(48)40-28-14-8-6-4-5-7-11-22-18-37(22,34(47)43-53(49,50)24-15-16-24)42-31(45)29-17-23(20-44(29)33(28)46)51-32-26-13-10-9-12-25(26)27-19-38-21-39-30(27)41-32/h7,9-13,19,21-24,28-29H,4-6,8,14-18,20H2,1-3H3,(H,40,48)(H,42,45)(H,43,47)/b11-7-/t22?,23-,28+,29+,37-/m1/s1. The van der Waals surface area contributed by atoms with Crippen LogP contribution >= 0.6 is 0 Å². The molecule has 16 heteroatoms. The zero-order chi connectivity index (χ0) is 37.5. The molecular weight excluding hydrogens is 703 g/mol. The van der Waals surface area contributed by atoms with E-state index in [1.165, 1.54) is 11.2 Å². The number of pyridine rings is 1. The van der Waals surface area contributed by atoms with Crippen molar-refractivity contribution in [3.05, 3.63) is 48.9 Å². The Bertz CT molecular complexity index is 2080. The zero-order valence-corrected chi connectivity index (χ0v) is 30.9. The van der Waals surface area contributed by atoms with Gasteiger partial charge >= 0.3 is 6.09 Å². The topological polar surface area (TPSA) is 199 Å². The van der Waals surface area contributed by atoms with Crippen LogP contribution in [0, 0.1) is 5.92 Å². The lowest BCUT2D eigenvalue weighted by Crippen LogP contribution is -2.58. The number of nitrogens with one attached hydrogen (secondary N) is 3. The number of carbonyl (C=O) groups excluding carboxylic acids is 4. The molecule has 0 spiro atoms. The third-order valence-corrected chi connectivity index (χ3v) is 12.0. The van der Waals surface area contributed by atoms with E-state index in [0.717, 1.165) is 23.6 Å². The summed E-state index contributed by atoms with van der Waals surface area (Å²) in [5.74, 6) is -2.08. The average molecular weight is 748 g/mol. The minimum absolute atomic E-state index is 0.0280. The fourth-order valence-corrected chi connectivity index (χ4v) is 8.57. The Labute approximate surface area is 307 Å². The van der Waals surface area contributed by atoms with Gasteiger partial charge in [0.1, 0.15) is 35.7 Å². The molecule has 15 nitrogen and oxygen atoms in total. The van der Waals surface area contributed by atoms with E-state index in [9.17, 15) is 27.6 Å². The number of rotatable bonds is 6. The Balaban J connectivity index is 1.21. The first kappa shape index (κ1) is 36.5. The van der Waals surface area contributed by atoms with Crippen molar-refractivity contribution in [2.75, 3.05) is 6.54 Å². The fraction of sp³-hybridized carbons (Fsp3) is 0.541. The number of carbonyl (C=O) groups is 4. The summed E-state index contributed by atoms with van der Waals surface area (Å²) < 4.78 is 39.9. The van der Waals surface area contributed by atoms with Crippen LogP contribution in [-0.4, -0.2) is 93.2 Å². The van der Waals surface area contributed by atoms with Gasteiger partial charge in [-0.15, -0.1) is 0 Å². The predicted molar refractivity (Wildman–Crippen MR) is 194 cm³/mol. The van der Waals surface area contributed by atoms with Crippen LogP contribution in [0.25, 0.3) is 21.8 Å². The van der Waals surface area contributed by atoms with Crippen molar-refractivity contribution in [2.45, 2.75) is 113 Å². The highest BCUT2D eigenvalue weighted by atomic mass is 32.2. The Hall–Kier alpha value is -4.86. The summed E-state index contributed by atoms with van der Waals surface area (Å²) in [6.07, 6.45) is 9.75. The molecule has 53 heavy (non-hydrogen) atoms. The van der Waals surface area contributed by atoms with E-state index < -0.39 is 74.3 Å². The van der Waals surface area contributed by atoms with Crippen LogP contribution in [0.15, 0.2) is 48.9 Å². The molecule has 2 aromatic heterocycles. The summed E-state index contributed by atoms with van der Waals surface area (Å²) in [5, 5.41) is 7.24. The lowest BCUT2D eigenvalue weighted by Gasteiger charge is -2.30. The van der Waals surface area contributed by atoms with Crippen LogP contribution in [0.5, 0.6) is 5.88 Å². The number of ether oxygens (including phenoxy) is 2. The van der Waals surface area contributed by atoms with E-state index >= 15 is 0 Å². The third-order valence-electron chi connectivity index (χ3n) is 10.2. The predicted octanol–water partition coefficient (Wildman–Crippen LogP) is 3.42. The van der Waals surface area contributed by atoms with E-state index in [2.05, 4.69) is 30.3 Å².